The summed E-state index contributed by atoms with van der Waals surface area (Å²) >= 11 is 0. The Morgan fingerprint density at radius 3 is 2.40 bits per heavy atom. The minimum atomic E-state index is -0.260. The molecule has 0 saturated carbocycles. The van der Waals surface area contributed by atoms with Crippen molar-refractivity contribution in [2.75, 3.05) is 5.73 Å². The number of hydrogen-bond donors (Lipinski definition) is 1. The maximum atomic E-state index is 14.2. The molecular weight excluding hydrogens is 249 g/mol. The Kier molecular flexibility index (Phi) is 2.34. The van der Waals surface area contributed by atoms with Crippen LogP contribution >= 0.6 is 0 Å². The van der Waals surface area contributed by atoms with Crippen molar-refractivity contribution in [1.82, 2.24) is 0 Å². The van der Waals surface area contributed by atoms with E-state index >= 15 is 0 Å². The first-order chi connectivity index (χ1) is 9.74. The summed E-state index contributed by atoms with van der Waals surface area (Å²) in [5.74, 6) is -0.260. The molecule has 0 atom stereocenters. The summed E-state index contributed by atoms with van der Waals surface area (Å²) in [4.78, 5) is 0. The fourth-order valence-corrected chi connectivity index (χ4v) is 3.23. The van der Waals surface area contributed by atoms with Gasteiger partial charge in [0.05, 0.1) is 0 Å². The topological polar surface area (TPSA) is 26.0 Å². The van der Waals surface area contributed by atoms with Crippen LogP contribution in [0, 0.1) is 5.82 Å². The van der Waals surface area contributed by atoms with Crippen LogP contribution in [-0.4, -0.2) is 0 Å². The fourth-order valence-electron chi connectivity index (χ4n) is 3.23. The van der Waals surface area contributed by atoms with E-state index in [4.69, 9.17) is 5.73 Å². The van der Waals surface area contributed by atoms with Crippen LogP contribution in [0.2, 0.25) is 0 Å². The Bertz CT molecular complexity index is 826. The standard InChI is InChI=1S/C18H14FN/c19-17-10-13(20)7-9-15(17)14-8-6-12-5-4-11-2-1-3-16(14)18(11)12/h1-3,6-10H,4-5,20H2. The van der Waals surface area contributed by atoms with E-state index in [1.54, 1.807) is 12.1 Å². The molecule has 0 unspecified atom stereocenters. The van der Waals surface area contributed by atoms with Crippen molar-refractivity contribution in [1.29, 1.82) is 0 Å². The van der Waals surface area contributed by atoms with Crippen molar-refractivity contribution in [2.45, 2.75) is 12.8 Å². The van der Waals surface area contributed by atoms with Crippen molar-refractivity contribution in [3.05, 3.63) is 65.5 Å². The smallest absolute Gasteiger partial charge is 0.133 e. The number of nitrogen functional groups attached to an aromatic ring is 1. The second-order valence-electron chi connectivity index (χ2n) is 5.35. The highest BCUT2D eigenvalue weighted by Crippen LogP contribution is 2.37. The molecule has 20 heavy (non-hydrogen) atoms. The average molecular weight is 263 g/mol. The lowest BCUT2D eigenvalue weighted by Crippen LogP contribution is -1.91. The van der Waals surface area contributed by atoms with E-state index in [1.807, 2.05) is 6.07 Å². The highest BCUT2D eigenvalue weighted by molar-refractivity contribution is 6.01. The number of hydrogen-bond acceptors (Lipinski definition) is 1. The summed E-state index contributed by atoms with van der Waals surface area (Å²) in [7, 11) is 0. The minimum absolute atomic E-state index is 0.260. The van der Waals surface area contributed by atoms with E-state index in [9.17, 15) is 4.39 Å². The van der Waals surface area contributed by atoms with Crippen LogP contribution in [0.3, 0.4) is 0 Å². The van der Waals surface area contributed by atoms with Gasteiger partial charge >= 0.3 is 0 Å². The summed E-state index contributed by atoms with van der Waals surface area (Å²) in [5, 5.41) is 2.45. The van der Waals surface area contributed by atoms with Crippen LogP contribution in [0.25, 0.3) is 21.9 Å². The second kappa shape index (κ2) is 4.07. The minimum Gasteiger partial charge on any atom is -0.399 e. The molecule has 0 radical (unpaired) electrons. The molecule has 0 amide bonds. The van der Waals surface area contributed by atoms with Crippen molar-refractivity contribution >= 4 is 16.5 Å². The maximum absolute atomic E-state index is 14.2. The van der Waals surface area contributed by atoms with E-state index in [2.05, 4.69) is 24.3 Å². The normalized spacial score (nSPS) is 13.1. The van der Waals surface area contributed by atoms with E-state index < -0.39 is 0 Å². The van der Waals surface area contributed by atoms with Gasteiger partial charge in [0.1, 0.15) is 5.82 Å². The van der Waals surface area contributed by atoms with Gasteiger partial charge in [-0.05, 0) is 58.5 Å². The molecular formula is C18H14FN. The molecule has 0 bridgehead atoms. The molecule has 0 heterocycles. The summed E-state index contributed by atoms with van der Waals surface area (Å²) < 4.78 is 14.2. The average Bonchev–Trinajstić information content (AvgIpc) is 2.86. The van der Waals surface area contributed by atoms with Crippen LogP contribution < -0.4 is 5.73 Å². The lowest BCUT2D eigenvalue weighted by atomic mass is 9.95. The van der Waals surface area contributed by atoms with Gasteiger partial charge in [-0.3, -0.25) is 0 Å². The molecule has 0 saturated heterocycles. The number of benzene rings is 3. The molecule has 0 fully saturated rings. The molecule has 2 N–H and O–H groups in total. The van der Waals surface area contributed by atoms with Gasteiger partial charge in [-0.2, -0.15) is 0 Å². The zero-order chi connectivity index (χ0) is 13.7. The third-order valence-electron chi connectivity index (χ3n) is 4.16. The van der Waals surface area contributed by atoms with Crippen molar-refractivity contribution in [3.8, 4) is 11.1 Å². The van der Waals surface area contributed by atoms with Crippen LogP contribution in [0.15, 0.2) is 48.5 Å². The fraction of sp³-hybridized carbons (Fsp3) is 0.111. The second-order valence-corrected chi connectivity index (χ2v) is 5.35. The number of rotatable bonds is 1. The Labute approximate surface area is 116 Å². The first-order valence-electron chi connectivity index (χ1n) is 6.83. The zero-order valence-electron chi connectivity index (χ0n) is 11.0. The molecule has 2 heteroatoms. The van der Waals surface area contributed by atoms with E-state index in [1.165, 1.54) is 22.6 Å². The highest BCUT2D eigenvalue weighted by atomic mass is 19.1. The number of aryl methyl sites for hydroxylation is 2. The molecule has 0 aromatic heterocycles. The molecule has 1 nitrogen and oxygen atoms in total. The van der Waals surface area contributed by atoms with Crippen LogP contribution in [0.1, 0.15) is 11.1 Å². The lowest BCUT2D eigenvalue weighted by molar-refractivity contribution is 0.632. The van der Waals surface area contributed by atoms with Crippen LogP contribution in [-0.2, 0) is 12.8 Å². The summed E-state index contributed by atoms with van der Waals surface area (Å²) in [6.07, 6.45) is 2.17. The molecule has 0 spiro atoms. The lowest BCUT2D eigenvalue weighted by Gasteiger charge is -2.10. The molecule has 0 aliphatic heterocycles. The maximum Gasteiger partial charge on any atom is 0.133 e. The van der Waals surface area contributed by atoms with Gasteiger partial charge in [-0.15, -0.1) is 0 Å². The first kappa shape index (κ1) is 11.5. The predicted octanol–water partition coefficient (Wildman–Crippen LogP) is 4.33. The number of anilines is 1. The summed E-state index contributed by atoms with van der Waals surface area (Å²) in [6, 6.07) is 15.4. The van der Waals surface area contributed by atoms with E-state index in [0.717, 1.165) is 23.8 Å². The first-order valence-corrected chi connectivity index (χ1v) is 6.83. The molecule has 4 rings (SSSR count). The third-order valence-corrected chi connectivity index (χ3v) is 4.16. The number of halogens is 1. The molecule has 98 valence electrons. The molecule has 1 aliphatic carbocycles. The number of nitrogens with two attached hydrogens (primary N) is 1. The molecule has 1 aliphatic rings. The molecule has 3 aromatic carbocycles. The van der Waals surface area contributed by atoms with Crippen LogP contribution in [0.5, 0.6) is 0 Å². The summed E-state index contributed by atoms with van der Waals surface area (Å²) in [5.41, 5.74) is 10.4. The van der Waals surface area contributed by atoms with Gasteiger partial charge in [0.25, 0.3) is 0 Å². The van der Waals surface area contributed by atoms with Gasteiger partial charge in [0, 0.05) is 11.3 Å². The SMILES string of the molecule is Nc1ccc(-c2ccc3c4c(cccc24)CC3)c(F)c1. The monoisotopic (exact) mass is 263 g/mol. The highest BCUT2D eigenvalue weighted by Gasteiger charge is 2.17. The molecule has 3 aromatic rings. The van der Waals surface area contributed by atoms with Crippen molar-refractivity contribution in [3.63, 3.8) is 0 Å². The Morgan fingerprint density at radius 1 is 0.850 bits per heavy atom. The van der Waals surface area contributed by atoms with Crippen LogP contribution in [0.4, 0.5) is 10.1 Å². The third kappa shape index (κ3) is 1.54. The van der Waals surface area contributed by atoms with Gasteiger partial charge in [-0.25, -0.2) is 4.39 Å². The van der Waals surface area contributed by atoms with Gasteiger partial charge in [0.2, 0.25) is 0 Å². The van der Waals surface area contributed by atoms with Gasteiger partial charge < -0.3 is 5.73 Å². The largest absolute Gasteiger partial charge is 0.399 e. The Balaban J connectivity index is 2.06. The Hall–Kier alpha value is -2.35. The Morgan fingerprint density at radius 2 is 1.60 bits per heavy atom. The summed E-state index contributed by atoms with van der Waals surface area (Å²) in [6.45, 7) is 0. The van der Waals surface area contributed by atoms with E-state index in [0.29, 0.717) is 11.3 Å². The predicted molar refractivity (Wildman–Crippen MR) is 81.2 cm³/mol. The van der Waals surface area contributed by atoms with Gasteiger partial charge in [0.15, 0.2) is 0 Å². The van der Waals surface area contributed by atoms with E-state index in [-0.39, 0.29) is 5.82 Å². The van der Waals surface area contributed by atoms with Gasteiger partial charge in [-0.1, -0.05) is 30.3 Å². The quantitative estimate of drug-likeness (QED) is 0.650. The van der Waals surface area contributed by atoms with Crippen molar-refractivity contribution < 1.29 is 4.39 Å². The van der Waals surface area contributed by atoms with Crippen molar-refractivity contribution in [2.24, 2.45) is 0 Å². The zero-order valence-corrected chi connectivity index (χ0v) is 11.0.